The van der Waals surface area contributed by atoms with E-state index in [0.717, 1.165) is 18.4 Å². The molecule has 1 aliphatic rings. The molecule has 3 nitrogen and oxygen atoms in total. The summed E-state index contributed by atoms with van der Waals surface area (Å²) in [6.07, 6.45) is 1.30. The molecule has 1 saturated heterocycles. The molecule has 3 N–H and O–H groups in total. The van der Waals surface area contributed by atoms with Gasteiger partial charge >= 0.3 is 0 Å². The van der Waals surface area contributed by atoms with Gasteiger partial charge in [-0.05, 0) is 42.5 Å². The number of nitrogens with two attached hydrogens (primary N) is 1. The third-order valence-electron chi connectivity index (χ3n) is 3.75. The summed E-state index contributed by atoms with van der Waals surface area (Å²) in [5.41, 5.74) is 7.36. The number of benzene rings is 1. The minimum Gasteiger partial charge on any atom is -0.506 e. The summed E-state index contributed by atoms with van der Waals surface area (Å²) in [5.74, 6) is 1.77. The third-order valence-corrected chi connectivity index (χ3v) is 3.75. The van der Waals surface area contributed by atoms with Crippen molar-refractivity contribution in [2.75, 3.05) is 18.8 Å². The molecule has 1 aromatic rings. The number of rotatable bonds is 3. The lowest BCUT2D eigenvalue weighted by atomic mass is 9.95. The average molecular weight is 234 g/mol. The first-order chi connectivity index (χ1) is 8.06. The van der Waals surface area contributed by atoms with Crippen LogP contribution in [0.2, 0.25) is 0 Å². The highest BCUT2D eigenvalue weighted by Gasteiger charge is 2.24. The predicted octanol–water partition coefficient (Wildman–Crippen LogP) is 2.45. The molecule has 1 heterocycles. The minimum absolute atomic E-state index is 0.176. The number of nitrogen functional groups attached to an aromatic ring is 1. The van der Waals surface area contributed by atoms with Crippen molar-refractivity contribution in [2.24, 2.45) is 11.8 Å². The summed E-state index contributed by atoms with van der Waals surface area (Å²) in [6.45, 7) is 7.88. The number of likely N-dealkylation sites (tertiary alicyclic amines) is 1. The first-order valence-electron chi connectivity index (χ1n) is 6.36. The fourth-order valence-electron chi connectivity index (χ4n) is 2.51. The summed E-state index contributed by atoms with van der Waals surface area (Å²) in [7, 11) is 0. The standard InChI is InChI=1S/C14H22N2O/c1-10(2)12-5-6-16(9-12)8-11-3-4-14(17)13(15)7-11/h3-4,7,10,12,17H,5-6,8-9,15H2,1-2H3. The van der Waals surface area contributed by atoms with Crippen LogP contribution in [0.4, 0.5) is 5.69 Å². The average Bonchev–Trinajstić information content (AvgIpc) is 2.72. The van der Waals surface area contributed by atoms with Crippen LogP contribution >= 0.6 is 0 Å². The van der Waals surface area contributed by atoms with Crippen LogP contribution in [-0.4, -0.2) is 23.1 Å². The Morgan fingerprint density at radius 1 is 1.47 bits per heavy atom. The quantitative estimate of drug-likeness (QED) is 0.624. The number of aromatic hydroxyl groups is 1. The summed E-state index contributed by atoms with van der Waals surface area (Å²) < 4.78 is 0. The van der Waals surface area contributed by atoms with Crippen molar-refractivity contribution in [3.05, 3.63) is 23.8 Å². The maximum absolute atomic E-state index is 9.38. The molecule has 0 spiro atoms. The van der Waals surface area contributed by atoms with E-state index in [4.69, 9.17) is 5.73 Å². The van der Waals surface area contributed by atoms with Gasteiger partial charge in [0.15, 0.2) is 0 Å². The maximum atomic E-state index is 9.38. The molecule has 17 heavy (non-hydrogen) atoms. The van der Waals surface area contributed by atoms with Crippen LogP contribution in [0.1, 0.15) is 25.8 Å². The second-order valence-electron chi connectivity index (χ2n) is 5.42. The molecule has 0 aliphatic carbocycles. The molecule has 0 bridgehead atoms. The zero-order valence-electron chi connectivity index (χ0n) is 10.7. The Morgan fingerprint density at radius 3 is 2.82 bits per heavy atom. The van der Waals surface area contributed by atoms with E-state index in [-0.39, 0.29) is 5.75 Å². The van der Waals surface area contributed by atoms with E-state index < -0.39 is 0 Å². The van der Waals surface area contributed by atoms with Gasteiger partial charge in [0.05, 0.1) is 5.69 Å². The predicted molar refractivity (Wildman–Crippen MR) is 70.7 cm³/mol. The number of hydrogen-bond donors (Lipinski definition) is 2. The number of nitrogens with zero attached hydrogens (tertiary/aromatic N) is 1. The van der Waals surface area contributed by atoms with Crippen LogP contribution < -0.4 is 5.73 Å². The fraction of sp³-hybridized carbons (Fsp3) is 0.571. The highest BCUT2D eigenvalue weighted by Crippen LogP contribution is 2.26. The SMILES string of the molecule is CC(C)C1CCN(Cc2ccc(O)c(N)c2)C1. The van der Waals surface area contributed by atoms with Gasteiger partial charge in [0.1, 0.15) is 5.75 Å². The Hall–Kier alpha value is -1.22. The van der Waals surface area contributed by atoms with Crippen molar-refractivity contribution in [3.8, 4) is 5.75 Å². The van der Waals surface area contributed by atoms with E-state index in [0.29, 0.717) is 5.69 Å². The van der Waals surface area contributed by atoms with Crippen molar-refractivity contribution in [1.29, 1.82) is 0 Å². The summed E-state index contributed by atoms with van der Waals surface area (Å²) >= 11 is 0. The molecule has 1 aromatic carbocycles. The monoisotopic (exact) mass is 234 g/mol. The van der Waals surface area contributed by atoms with Crippen molar-refractivity contribution >= 4 is 5.69 Å². The van der Waals surface area contributed by atoms with Crippen molar-refractivity contribution in [2.45, 2.75) is 26.8 Å². The Balaban J connectivity index is 1.96. The first-order valence-corrected chi connectivity index (χ1v) is 6.36. The van der Waals surface area contributed by atoms with Crippen LogP contribution in [0.25, 0.3) is 0 Å². The van der Waals surface area contributed by atoms with Crippen LogP contribution in [0.3, 0.4) is 0 Å². The Morgan fingerprint density at radius 2 is 2.24 bits per heavy atom. The minimum atomic E-state index is 0.176. The van der Waals surface area contributed by atoms with Crippen LogP contribution in [0.15, 0.2) is 18.2 Å². The molecule has 2 rings (SSSR count). The van der Waals surface area contributed by atoms with Gasteiger partial charge in [-0.15, -0.1) is 0 Å². The van der Waals surface area contributed by atoms with Crippen LogP contribution in [0.5, 0.6) is 5.75 Å². The van der Waals surface area contributed by atoms with Crippen LogP contribution in [0, 0.1) is 11.8 Å². The third kappa shape index (κ3) is 2.91. The smallest absolute Gasteiger partial charge is 0.138 e. The van der Waals surface area contributed by atoms with E-state index >= 15 is 0 Å². The van der Waals surface area contributed by atoms with Crippen molar-refractivity contribution in [3.63, 3.8) is 0 Å². The summed E-state index contributed by atoms with van der Waals surface area (Å²) in [4.78, 5) is 2.47. The van der Waals surface area contributed by atoms with Crippen molar-refractivity contribution in [1.82, 2.24) is 4.90 Å². The van der Waals surface area contributed by atoms with Crippen molar-refractivity contribution < 1.29 is 5.11 Å². The lowest BCUT2D eigenvalue weighted by Crippen LogP contribution is -2.21. The van der Waals surface area contributed by atoms with Gasteiger partial charge in [-0.3, -0.25) is 4.90 Å². The molecule has 0 radical (unpaired) electrons. The number of hydrogen-bond acceptors (Lipinski definition) is 3. The summed E-state index contributed by atoms with van der Waals surface area (Å²) in [5, 5.41) is 9.38. The molecule has 1 atom stereocenters. The molecule has 1 unspecified atom stereocenters. The van der Waals surface area contributed by atoms with E-state index in [2.05, 4.69) is 18.7 Å². The normalized spacial score (nSPS) is 21.2. The first kappa shape index (κ1) is 12.2. The topological polar surface area (TPSA) is 49.5 Å². The van der Waals surface area contributed by atoms with Gasteiger partial charge in [-0.2, -0.15) is 0 Å². The van der Waals surface area contributed by atoms with Gasteiger partial charge < -0.3 is 10.8 Å². The molecule has 0 amide bonds. The Kier molecular flexibility index (Phi) is 3.57. The zero-order chi connectivity index (χ0) is 12.4. The van der Waals surface area contributed by atoms with E-state index in [1.165, 1.54) is 25.1 Å². The largest absolute Gasteiger partial charge is 0.506 e. The lowest BCUT2D eigenvalue weighted by Gasteiger charge is -2.18. The highest BCUT2D eigenvalue weighted by molar-refractivity contribution is 5.53. The molecular weight excluding hydrogens is 212 g/mol. The molecular formula is C14H22N2O. The summed E-state index contributed by atoms with van der Waals surface area (Å²) in [6, 6.07) is 5.51. The van der Waals surface area contributed by atoms with E-state index in [1.54, 1.807) is 6.07 Å². The number of anilines is 1. The number of phenols is 1. The number of phenolic OH excluding ortho intramolecular Hbond substituents is 1. The lowest BCUT2D eigenvalue weighted by molar-refractivity contribution is 0.297. The Bertz CT molecular complexity index is 390. The molecule has 1 aliphatic heterocycles. The fourth-order valence-corrected chi connectivity index (χ4v) is 2.51. The van der Waals surface area contributed by atoms with Gasteiger partial charge in [0.2, 0.25) is 0 Å². The highest BCUT2D eigenvalue weighted by atomic mass is 16.3. The van der Waals surface area contributed by atoms with E-state index in [1.807, 2.05) is 12.1 Å². The van der Waals surface area contributed by atoms with Gasteiger partial charge in [-0.1, -0.05) is 19.9 Å². The molecule has 3 heteroatoms. The molecule has 0 aromatic heterocycles. The van der Waals surface area contributed by atoms with Gasteiger partial charge in [0.25, 0.3) is 0 Å². The molecule has 0 saturated carbocycles. The molecule has 94 valence electrons. The zero-order valence-corrected chi connectivity index (χ0v) is 10.7. The Labute approximate surface area is 103 Å². The van der Waals surface area contributed by atoms with E-state index in [9.17, 15) is 5.11 Å². The molecule has 1 fully saturated rings. The van der Waals surface area contributed by atoms with Gasteiger partial charge in [0, 0.05) is 13.1 Å². The second-order valence-corrected chi connectivity index (χ2v) is 5.42. The van der Waals surface area contributed by atoms with Gasteiger partial charge in [-0.25, -0.2) is 0 Å². The maximum Gasteiger partial charge on any atom is 0.138 e. The van der Waals surface area contributed by atoms with Crippen LogP contribution in [-0.2, 0) is 6.54 Å². The second kappa shape index (κ2) is 4.96.